The Kier molecular flexibility index (Phi) is 7.41. The van der Waals surface area contributed by atoms with E-state index in [0.29, 0.717) is 22.9 Å². The van der Waals surface area contributed by atoms with Crippen LogP contribution in [-0.2, 0) is 22.5 Å². The second-order valence-corrected chi connectivity index (χ2v) is 8.12. The molecule has 0 N–H and O–H groups in total. The van der Waals surface area contributed by atoms with Crippen molar-refractivity contribution in [3.63, 3.8) is 0 Å². The summed E-state index contributed by atoms with van der Waals surface area (Å²) in [6.07, 6.45) is 0.967. The number of hydrogen-bond acceptors (Lipinski definition) is 6. The normalized spacial score (nSPS) is 10.6. The highest BCUT2D eigenvalue weighted by Gasteiger charge is 2.20. The summed E-state index contributed by atoms with van der Waals surface area (Å²) in [4.78, 5) is 31.4. The molecule has 0 saturated carbocycles. The fourth-order valence-electron chi connectivity index (χ4n) is 3.07. The second-order valence-electron chi connectivity index (χ2n) is 7.12. The number of aryl methyl sites for hydroxylation is 2. The Balaban J connectivity index is 1.61. The minimum Gasteiger partial charge on any atom is -0.496 e. The summed E-state index contributed by atoms with van der Waals surface area (Å²) in [7, 11) is 3.25. The van der Waals surface area contributed by atoms with Crippen molar-refractivity contribution in [1.29, 1.82) is 0 Å². The maximum Gasteiger partial charge on any atom is 0.350 e. The zero-order chi connectivity index (χ0) is 22.4. The van der Waals surface area contributed by atoms with E-state index in [0.717, 1.165) is 22.6 Å². The van der Waals surface area contributed by atoms with Crippen LogP contribution in [-0.4, -0.2) is 42.5 Å². The SMILES string of the molecule is CCc1ccc(-c2nc(C)c(C(=O)OCC(=O)N(C)Cc3ccccc3OC)s2)cc1. The average molecular weight is 439 g/mol. The molecule has 0 unspecified atom stereocenters. The molecule has 7 heteroatoms. The summed E-state index contributed by atoms with van der Waals surface area (Å²) in [5.74, 6) is -0.124. The van der Waals surface area contributed by atoms with Crippen LogP contribution in [0.5, 0.6) is 5.75 Å². The number of amides is 1. The lowest BCUT2D eigenvalue weighted by Gasteiger charge is -2.18. The standard InChI is InChI=1S/C24H26N2O4S/c1-5-17-10-12-18(13-11-17)23-25-16(2)22(31-23)24(28)30-15-21(27)26(3)14-19-8-6-7-9-20(19)29-4/h6-13H,5,14-15H2,1-4H3. The number of rotatable bonds is 8. The molecule has 2 aromatic carbocycles. The van der Waals surface area contributed by atoms with E-state index in [2.05, 4.69) is 24.0 Å². The molecule has 3 aromatic rings. The lowest BCUT2D eigenvalue weighted by atomic mass is 10.1. The monoisotopic (exact) mass is 438 g/mol. The van der Waals surface area contributed by atoms with Crippen molar-refractivity contribution >= 4 is 23.2 Å². The van der Waals surface area contributed by atoms with Gasteiger partial charge in [-0.05, 0) is 25.0 Å². The number of likely N-dealkylation sites (N-methyl/N-ethyl adjacent to an activating group) is 1. The van der Waals surface area contributed by atoms with E-state index in [-0.39, 0.29) is 12.5 Å². The van der Waals surface area contributed by atoms with Gasteiger partial charge in [0.25, 0.3) is 5.91 Å². The van der Waals surface area contributed by atoms with Crippen LogP contribution in [0.2, 0.25) is 0 Å². The minimum atomic E-state index is -0.537. The van der Waals surface area contributed by atoms with E-state index in [4.69, 9.17) is 9.47 Å². The number of ether oxygens (including phenoxy) is 2. The number of carbonyl (C=O) groups is 2. The summed E-state index contributed by atoms with van der Waals surface area (Å²) in [5.41, 5.74) is 3.67. The predicted molar refractivity (Wildman–Crippen MR) is 121 cm³/mol. The van der Waals surface area contributed by atoms with Crippen LogP contribution >= 0.6 is 11.3 Å². The molecule has 0 fully saturated rings. The fourth-order valence-corrected chi connectivity index (χ4v) is 4.04. The van der Waals surface area contributed by atoms with Crippen LogP contribution in [0.25, 0.3) is 10.6 Å². The number of carbonyl (C=O) groups excluding carboxylic acids is 2. The van der Waals surface area contributed by atoms with Crippen LogP contribution in [0, 0.1) is 6.92 Å². The van der Waals surface area contributed by atoms with Crippen LogP contribution < -0.4 is 4.74 Å². The Morgan fingerprint density at radius 1 is 1.10 bits per heavy atom. The van der Waals surface area contributed by atoms with Gasteiger partial charge in [-0.2, -0.15) is 0 Å². The summed E-state index contributed by atoms with van der Waals surface area (Å²) in [6, 6.07) is 15.6. The number of aromatic nitrogens is 1. The molecule has 1 heterocycles. The highest BCUT2D eigenvalue weighted by atomic mass is 32.1. The Morgan fingerprint density at radius 3 is 2.48 bits per heavy atom. The maximum absolute atomic E-state index is 12.6. The third kappa shape index (κ3) is 5.49. The summed E-state index contributed by atoms with van der Waals surface area (Å²) in [6.45, 7) is 3.90. The highest BCUT2D eigenvalue weighted by Crippen LogP contribution is 2.29. The van der Waals surface area contributed by atoms with E-state index in [1.807, 2.05) is 36.4 Å². The Bertz CT molecular complexity index is 1060. The van der Waals surface area contributed by atoms with E-state index in [1.165, 1.54) is 21.8 Å². The number of benzene rings is 2. The molecule has 6 nitrogen and oxygen atoms in total. The molecular formula is C24H26N2O4S. The predicted octanol–water partition coefficient (Wildman–Crippen LogP) is 4.50. The van der Waals surface area contributed by atoms with Crippen LogP contribution in [0.1, 0.15) is 33.4 Å². The lowest BCUT2D eigenvalue weighted by Crippen LogP contribution is -2.31. The average Bonchev–Trinajstić information content (AvgIpc) is 3.19. The molecule has 31 heavy (non-hydrogen) atoms. The molecule has 0 aliphatic carbocycles. The van der Waals surface area contributed by atoms with Crippen LogP contribution in [0.15, 0.2) is 48.5 Å². The highest BCUT2D eigenvalue weighted by molar-refractivity contribution is 7.17. The third-order valence-electron chi connectivity index (χ3n) is 4.94. The van der Waals surface area contributed by atoms with Crippen molar-refractivity contribution in [2.75, 3.05) is 20.8 Å². The van der Waals surface area contributed by atoms with Crippen molar-refractivity contribution in [1.82, 2.24) is 9.88 Å². The van der Waals surface area contributed by atoms with Crippen molar-refractivity contribution in [2.45, 2.75) is 26.8 Å². The summed E-state index contributed by atoms with van der Waals surface area (Å²) in [5, 5.41) is 0.756. The van der Waals surface area contributed by atoms with Gasteiger partial charge in [0.05, 0.1) is 12.8 Å². The molecule has 1 aromatic heterocycles. The first kappa shape index (κ1) is 22.5. The molecule has 3 rings (SSSR count). The van der Waals surface area contributed by atoms with Gasteiger partial charge in [0.15, 0.2) is 6.61 Å². The van der Waals surface area contributed by atoms with Gasteiger partial charge in [-0.15, -0.1) is 11.3 Å². The quantitative estimate of drug-likeness (QED) is 0.484. The molecule has 0 aliphatic rings. The molecule has 0 atom stereocenters. The van der Waals surface area contributed by atoms with Gasteiger partial charge in [0.1, 0.15) is 15.6 Å². The lowest BCUT2D eigenvalue weighted by molar-refractivity contribution is -0.133. The first-order chi connectivity index (χ1) is 14.9. The number of nitrogens with zero attached hydrogens (tertiary/aromatic N) is 2. The molecule has 162 valence electrons. The minimum absolute atomic E-state index is 0.295. The third-order valence-corrected chi connectivity index (χ3v) is 6.13. The van der Waals surface area contributed by atoms with E-state index in [1.54, 1.807) is 21.1 Å². The van der Waals surface area contributed by atoms with E-state index >= 15 is 0 Å². The van der Waals surface area contributed by atoms with Gasteiger partial charge in [-0.3, -0.25) is 4.79 Å². The summed E-state index contributed by atoms with van der Waals surface area (Å²) >= 11 is 1.27. The fraction of sp³-hybridized carbons (Fsp3) is 0.292. The molecule has 1 amide bonds. The molecular weight excluding hydrogens is 412 g/mol. The first-order valence-electron chi connectivity index (χ1n) is 10.0. The Morgan fingerprint density at radius 2 is 1.81 bits per heavy atom. The topological polar surface area (TPSA) is 68.7 Å². The molecule has 0 aliphatic heterocycles. The van der Waals surface area contributed by atoms with Crippen molar-refractivity contribution < 1.29 is 19.1 Å². The van der Waals surface area contributed by atoms with Crippen molar-refractivity contribution in [3.05, 3.63) is 70.2 Å². The zero-order valence-corrected chi connectivity index (χ0v) is 19.0. The van der Waals surface area contributed by atoms with Gasteiger partial charge >= 0.3 is 5.97 Å². The van der Waals surface area contributed by atoms with Gasteiger partial charge in [-0.1, -0.05) is 49.4 Å². The molecule has 0 bridgehead atoms. The Labute approximate surface area is 186 Å². The number of esters is 1. The van der Waals surface area contributed by atoms with Crippen LogP contribution in [0.4, 0.5) is 0 Å². The first-order valence-corrected chi connectivity index (χ1v) is 10.8. The van der Waals surface area contributed by atoms with Crippen LogP contribution in [0.3, 0.4) is 0 Å². The van der Waals surface area contributed by atoms with Gasteiger partial charge in [0.2, 0.25) is 0 Å². The Hall–Kier alpha value is -3.19. The van der Waals surface area contributed by atoms with Gasteiger partial charge in [-0.25, -0.2) is 9.78 Å². The molecule has 0 radical (unpaired) electrons. The van der Waals surface area contributed by atoms with E-state index in [9.17, 15) is 9.59 Å². The summed E-state index contributed by atoms with van der Waals surface area (Å²) < 4.78 is 10.6. The molecule has 0 spiro atoms. The van der Waals surface area contributed by atoms with Crippen molar-refractivity contribution in [2.24, 2.45) is 0 Å². The van der Waals surface area contributed by atoms with E-state index < -0.39 is 5.97 Å². The second kappa shape index (κ2) is 10.2. The molecule has 0 saturated heterocycles. The largest absolute Gasteiger partial charge is 0.496 e. The smallest absolute Gasteiger partial charge is 0.350 e. The number of para-hydroxylation sites is 1. The number of methoxy groups -OCH3 is 1. The van der Waals surface area contributed by atoms with Gasteiger partial charge in [0, 0.05) is 24.7 Å². The van der Waals surface area contributed by atoms with Gasteiger partial charge < -0.3 is 14.4 Å². The zero-order valence-electron chi connectivity index (χ0n) is 18.2. The number of hydrogen-bond donors (Lipinski definition) is 0. The maximum atomic E-state index is 12.6. The van der Waals surface area contributed by atoms with Crippen molar-refractivity contribution in [3.8, 4) is 16.3 Å². The number of thiazole rings is 1.